The van der Waals surface area contributed by atoms with Crippen LogP contribution in [0, 0.1) is 22.7 Å². The molecular formula is C50H58Cl3NO16. The summed E-state index contributed by atoms with van der Waals surface area (Å²) in [4.78, 5) is 75.0. The number of aromatic hydroxyl groups is 2. The summed E-state index contributed by atoms with van der Waals surface area (Å²) in [6.45, 7) is 5.34. The maximum Gasteiger partial charge on any atom is 0.303 e. The number of ketones is 5. The van der Waals surface area contributed by atoms with Gasteiger partial charge < -0.3 is 55.3 Å². The van der Waals surface area contributed by atoms with Gasteiger partial charge in [-0.3, -0.25) is 28.8 Å². The number of esters is 1. The second-order valence-electron chi connectivity index (χ2n) is 20.0. The van der Waals surface area contributed by atoms with Gasteiger partial charge in [0.25, 0.3) is 0 Å². The van der Waals surface area contributed by atoms with Crippen LogP contribution in [0.25, 0.3) is 0 Å². The molecule has 1 saturated heterocycles. The quantitative estimate of drug-likeness (QED) is 0.0947. The number of aliphatic hydroxyl groups is 4. The van der Waals surface area contributed by atoms with E-state index in [2.05, 4.69) is 0 Å². The predicted octanol–water partition coefficient (Wildman–Crippen LogP) is 4.16. The molecule has 6 aliphatic carbocycles. The van der Waals surface area contributed by atoms with Gasteiger partial charge in [0, 0.05) is 59.7 Å². The number of aliphatic hydroxyl groups excluding tert-OH is 2. The Hall–Kier alpha value is -4.27. The minimum Gasteiger partial charge on any atom is -0.507 e. The van der Waals surface area contributed by atoms with Crippen LogP contribution in [0.4, 0.5) is 0 Å². The second-order valence-corrected chi connectivity index (χ2v) is 21.1. The van der Waals surface area contributed by atoms with Crippen molar-refractivity contribution < 1.29 is 78.4 Å². The highest BCUT2D eigenvalue weighted by atomic mass is 35.5. The normalized spacial score (nSPS) is 36.8. The number of halogens is 3. The average molecular weight is 1040 g/mol. The number of carbonyl (C=O) groups is 6. The molecule has 1 aliphatic heterocycles. The van der Waals surface area contributed by atoms with E-state index in [0.717, 1.165) is 18.4 Å². The second kappa shape index (κ2) is 19.0. The van der Waals surface area contributed by atoms with Crippen LogP contribution < -0.4 is 10.5 Å². The summed E-state index contributed by atoms with van der Waals surface area (Å²) in [5, 5.41) is 64.7. The Kier molecular flexibility index (Phi) is 14.5. The van der Waals surface area contributed by atoms with Gasteiger partial charge in [-0.15, -0.1) is 35.6 Å². The van der Waals surface area contributed by atoms with Crippen molar-refractivity contribution in [3.8, 4) is 17.2 Å². The van der Waals surface area contributed by atoms with Crippen LogP contribution in [0.1, 0.15) is 122 Å². The third kappa shape index (κ3) is 8.03. The standard InChI is InChI=1S/C27H29NO11.C23H28Cl2O5.ClH/c1-10-22(31)13(28)6-17(38-10)39-15-8-27(36,16(30)9-29)7-12-19(15)26(35)21-20(24(12)33)23(32)11-4-3-5-14(37-2)18(11)25(21)34;1-13(26)30-12-19(28)22(29)9-7-16-17-5-4-14-10-15(27)6-8-20(14,2)23(17,25)18(24)11-21(16,22)3;/h3-5,10,13,15,17,22,29,31,33,35-36H,6-9,28H2,1-2H3;6,8,10,16-18,29H,4-5,7,9,11-12H2,1-3H3;1H/t10?,13?,15-,17?,22?,27-;16-,17-,18-,20-,21-,22-,23-;/m00./s1. The van der Waals surface area contributed by atoms with Gasteiger partial charge in [0.05, 0.1) is 52.4 Å². The fraction of sp³-hybridized carbons (Fsp3) is 0.560. The van der Waals surface area contributed by atoms with Crippen LogP contribution in [0.2, 0.25) is 0 Å². The maximum absolute atomic E-state index is 13.6. The smallest absolute Gasteiger partial charge is 0.303 e. The number of fused-ring (bicyclic) bond motifs is 8. The van der Waals surface area contributed by atoms with Crippen molar-refractivity contribution in [3.63, 3.8) is 0 Å². The molecule has 1 heterocycles. The Labute approximate surface area is 419 Å². The Bertz CT molecular complexity index is 2610. The van der Waals surface area contributed by atoms with Gasteiger partial charge in [-0.1, -0.05) is 37.6 Å². The van der Waals surface area contributed by atoms with Gasteiger partial charge in [0.15, 0.2) is 30.2 Å². The molecule has 2 aromatic carbocycles. The Morgan fingerprint density at radius 2 is 1.66 bits per heavy atom. The number of carbonyl (C=O) groups excluding carboxylic acids is 6. The van der Waals surface area contributed by atoms with Crippen LogP contribution in [0.15, 0.2) is 42.0 Å². The van der Waals surface area contributed by atoms with E-state index in [9.17, 15) is 59.4 Å². The highest BCUT2D eigenvalue weighted by Crippen LogP contribution is 2.71. The predicted molar refractivity (Wildman–Crippen MR) is 252 cm³/mol. The minimum absolute atomic E-state index is 0. The first-order valence-electron chi connectivity index (χ1n) is 23.0. The third-order valence-electron chi connectivity index (χ3n) is 16.4. The largest absolute Gasteiger partial charge is 0.507 e. The SMILES string of the molecule is CC(=O)OCC(=O)[C@@]1(O)CC[C@H]2[C@@H]3CCC4=CC(=O)C=C[C@]4(C)[C@@]3(Cl)[C@@H](Cl)C[C@@]21C.COc1cccc2c1C(=O)c1c(O)c3c(c(O)c1C2=O)C[C@@](O)(C(=O)CO)C[C@@H]3OC1CC(N)C(O)C(C)O1.Cl. The van der Waals surface area contributed by atoms with E-state index < -0.39 is 141 Å². The molecule has 0 bridgehead atoms. The first-order valence-corrected chi connectivity index (χ1v) is 23.8. The molecule has 20 heteroatoms. The van der Waals surface area contributed by atoms with Gasteiger partial charge in [-0.2, -0.15) is 0 Å². The summed E-state index contributed by atoms with van der Waals surface area (Å²) in [5.41, 5.74) is 0.467. The highest BCUT2D eigenvalue weighted by Gasteiger charge is 2.73. The van der Waals surface area contributed by atoms with E-state index in [0.29, 0.717) is 19.3 Å². The van der Waals surface area contributed by atoms with E-state index in [1.54, 1.807) is 19.1 Å². The fourth-order valence-corrected chi connectivity index (χ4v) is 13.9. The number of rotatable bonds is 8. The monoisotopic (exact) mass is 1030 g/mol. The molecule has 3 saturated carbocycles. The zero-order valence-corrected chi connectivity index (χ0v) is 41.5. The molecule has 2 aromatic rings. The van der Waals surface area contributed by atoms with Crippen molar-refractivity contribution in [2.45, 2.75) is 131 Å². The summed E-state index contributed by atoms with van der Waals surface area (Å²) in [5.74, 6) is -4.85. The summed E-state index contributed by atoms with van der Waals surface area (Å²) in [6, 6.07) is 3.64. The molecule has 380 valence electrons. The number of allylic oxidation sites excluding steroid dienone is 4. The number of Topliss-reactive ketones (excluding diaryl/α,β-unsaturated/α-hetero) is 2. The lowest BCUT2D eigenvalue weighted by molar-refractivity contribution is -0.247. The first kappa shape index (κ1) is 53.5. The Morgan fingerprint density at radius 1 is 0.971 bits per heavy atom. The van der Waals surface area contributed by atoms with Gasteiger partial charge in [-0.05, 0) is 69.1 Å². The topological polar surface area (TPSA) is 287 Å². The number of methoxy groups -OCH3 is 1. The molecular weight excluding hydrogens is 977 g/mol. The van der Waals surface area contributed by atoms with E-state index in [4.69, 9.17) is 47.9 Å². The van der Waals surface area contributed by atoms with Gasteiger partial charge in [0.1, 0.15) is 35.1 Å². The van der Waals surface area contributed by atoms with Gasteiger partial charge in [-0.25, -0.2) is 0 Å². The molecule has 0 aromatic heterocycles. The van der Waals surface area contributed by atoms with E-state index in [1.165, 1.54) is 32.2 Å². The molecule has 8 N–H and O–H groups in total. The molecule has 4 unspecified atom stereocenters. The molecule has 70 heavy (non-hydrogen) atoms. The molecule has 4 fully saturated rings. The third-order valence-corrected chi connectivity index (χ3v) is 18.0. The lowest BCUT2D eigenvalue weighted by Gasteiger charge is -2.63. The fourth-order valence-electron chi connectivity index (χ4n) is 12.6. The molecule has 9 rings (SSSR count). The van der Waals surface area contributed by atoms with Crippen LogP contribution in [0.5, 0.6) is 17.2 Å². The summed E-state index contributed by atoms with van der Waals surface area (Å²) < 4.78 is 21.9. The summed E-state index contributed by atoms with van der Waals surface area (Å²) in [7, 11) is 1.32. The number of hydrogen-bond acceptors (Lipinski definition) is 17. The van der Waals surface area contributed by atoms with E-state index in [-0.39, 0.29) is 64.5 Å². The molecule has 0 radical (unpaired) electrons. The molecule has 0 spiro atoms. The van der Waals surface area contributed by atoms with Crippen molar-refractivity contribution in [3.05, 3.63) is 75.4 Å². The van der Waals surface area contributed by atoms with E-state index in [1.807, 2.05) is 19.9 Å². The molecule has 17 nitrogen and oxygen atoms in total. The minimum atomic E-state index is -2.24. The number of hydrogen-bond donors (Lipinski definition) is 7. The summed E-state index contributed by atoms with van der Waals surface area (Å²) >= 11 is 14.4. The number of ether oxygens (including phenoxy) is 4. The van der Waals surface area contributed by atoms with Gasteiger partial charge in [0.2, 0.25) is 11.6 Å². The van der Waals surface area contributed by atoms with Crippen molar-refractivity contribution >= 4 is 70.5 Å². The van der Waals surface area contributed by atoms with Crippen LogP contribution in [0.3, 0.4) is 0 Å². The number of alkyl halides is 2. The van der Waals surface area contributed by atoms with Crippen LogP contribution in [-0.4, -0.2) is 132 Å². The Balaban J connectivity index is 0.000000210. The maximum atomic E-state index is 13.6. The average Bonchev–Trinajstić information content (AvgIpc) is 3.57. The van der Waals surface area contributed by atoms with Crippen molar-refractivity contribution in [2.24, 2.45) is 28.4 Å². The zero-order valence-electron chi connectivity index (χ0n) is 39.2. The molecule has 7 aliphatic rings. The van der Waals surface area contributed by atoms with Crippen molar-refractivity contribution in [1.82, 2.24) is 0 Å². The lowest BCUT2D eigenvalue weighted by Crippen LogP contribution is -2.67. The van der Waals surface area contributed by atoms with Crippen molar-refractivity contribution in [2.75, 3.05) is 20.3 Å². The number of phenols is 2. The summed E-state index contributed by atoms with van der Waals surface area (Å²) in [6.07, 6.45) is 2.84. The number of nitrogens with two attached hydrogens (primary N) is 1. The van der Waals surface area contributed by atoms with E-state index >= 15 is 0 Å². The van der Waals surface area contributed by atoms with Crippen LogP contribution >= 0.6 is 35.6 Å². The first-order chi connectivity index (χ1) is 32.3. The van der Waals surface area contributed by atoms with Crippen molar-refractivity contribution in [1.29, 1.82) is 0 Å². The lowest BCUT2D eigenvalue weighted by atomic mass is 9.46. The number of phenolic OH excluding ortho intramolecular Hbond substituents is 2. The van der Waals surface area contributed by atoms with Crippen LogP contribution in [-0.2, 0) is 39.8 Å². The zero-order chi connectivity index (χ0) is 50.5. The number of benzene rings is 2. The van der Waals surface area contributed by atoms with Gasteiger partial charge >= 0.3 is 5.97 Å². The Morgan fingerprint density at radius 3 is 2.30 bits per heavy atom. The highest BCUT2D eigenvalue weighted by molar-refractivity contribution is 6.34. The molecule has 0 amide bonds. The molecule has 13 atom stereocenters.